The van der Waals surface area contributed by atoms with E-state index >= 15 is 0 Å². The number of H-pyrrole nitrogens is 1. The summed E-state index contributed by atoms with van der Waals surface area (Å²) in [6.07, 6.45) is 6.40. The lowest BCUT2D eigenvalue weighted by Crippen LogP contribution is -2.32. The van der Waals surface area contributed by atoms with Gasteiger partial charge >= 0.3 is 0 Å². The zero-order valence-electron chi connectivity index (χ0n) is 19.7. The van der Waals surface area contributed by atoms with E-state index in [1.807, 2.05) is 25.1 Å². The van der Waals surface area contributed by atoms with Crippen LogP contribution in [0.3, 0.4) is 0 Å². The topological polar surface area (TPSA) is 127 Å². The Labute approximate surface area is 194 Å². The van der Waals surface area contributed by atoms with E-state index < -0.39 is 5.91 Å². The number of hydrogen-bond acceptors (Lipinski definition) is 6. The fraction of sp³-hybridized carbons (Fsp3) is 0.458. The van der Waals surface area contributed by atoms with Crippen molar-refractivity contribution in [2.24, 2.45) is 5.41 Å². The van der Waals surface area contributed by atoms with Crippen LogP contribution in [0.25, 0.3) is 5.57 Å². The Morgan fingerprint density at radius 3 is 2.73 bits per heavy atom. The second kappa shape index (κ2) is 10.4. The number of hydrogen-bond donors (Lipinski definition) is 3. The van der Waals surface area contributed by atoms with Gasteiger partial charge in [-0.05, 0) is 56.5 Å². The van der Waals surface area contributed by atoms with Crippen LogP contribution in [0.4, 0.5) is 5.69 Å². The van der Waals surface area contributed by atoms with Gasteiger partial charge in [-0.3, -0.25) is 14.6 Å². The molecule has 1 aliphatic rings. The Morgan fingerprint density at radius 1 is 1.30 bits per heavy atom. The summed E-state index contributed by atoms with van der Waals surface area (Å²) in [5.41, 5.74) is 3.35. The molecule has 0 bridgehead atoms. The molecule has 9 heteroatoms. The summed E-state index contributed by atoms with van der Waals surface area (Å²) >= 11 is 0. The molecule has 2 aromatic heterocycles. The molecule has 9 nitrogen and oxygen atoms in total. The van der Waals surface area contributed by atoms with Crippen LogP contribution in [0, 0.1) is 16.7 Å². The molecular weight excluding hydrogens is 418 g/mol. The van der Waals surface area contributed by atoms with Gasteiger partial charge < -0.3 is 20.5 Å². The summed E-state index contributed by atoms with van der Waals surface area (Å²) in [4.78, 5) is 38.4. The number of carbonyl (C=O) groups excluding carboxylic acids is 2. The Kier molecular flexibility index (Phi) is 7.61. The van der Waals surface area contributed by atoms with E-state index in [1.54, 1.807) is 12.1 Å². The van der Waals surface area contributed by atoms with E-state index in [4.69, 9.17) is 10.2 Å². The molecule has 2 heterocycles. The molecule has 174 valence electrons. The Hall–Kier alpha value is -3.51. The molecule has 2 aromatic rings. The minimum Gasteiger partial charge on any atom is -0.354 e. The van der Waals surface area contributed by atoms with Crippen LogP contribution < -0.4 is 10.6 Å². The molecule has 33 heavy (non-hydrogen) atoms. The van der Waals surface area contributed by atoms with Gasteiger partial charge in [0.15, 0.2) is 5.82 Å². The van der Waals surface area contributed by atoms with Crippen LogP contribution in [-0.2, 0) is 11.2 Å². The third kappa shape index (κ3) is 6.73. The molecule has 0 aliphatic heterocycles. The molecule has 0 atom stereocenters. The van der Waals surface area contributed by atoms with Crippen molar-refractivity contribution in [3.63, 3.8) is 0 Å². The van der Waals surface area contributed by atoms with Gasteiger partial charge in [0, 0.05) is 13.1 Å². The number of aromatic amines is 1. The first-order valence-corrected chi connectivity index (χ1v) is 11.0. The number of imidazole rings is 1. The number of rotatable bonds is 8. The molecule has 2 amide bonds. The predicted molar refractivity (Wildman–Crippen MR) is 126 cm³/mol. The predicted octanol–water partition coefficient (Wildman–Crippen LogP) is 2.74. The van der Waals surface area contributed by atoms with E-state index in [0.29, 0.717) is 23.6 Å². The SMILES string of the molecule is CN(C)CCNC(=O)Cc1ccc(NC(=O)c2ncc(C#N)[nH]2)c(C2=CCC(C)(C)CC2)n1. The highest BCUT2D eigenvalue weighted by Gasteiger charge is 2.25. The second-order valence-corrected chi connectivity index (χ2v) is 9.34. The summed E-state index contributed by atoms with van der Waals surface area (Å²) in [5, 5.41) is 14.7. The number of likely N-dealkylation sites (N-methyl/N-ethyl adjacent to an activating group) is 1. The number of nitriles is 1. The molecule has 0 spiro atoms. The van der Waals surface area contributed by atoms with E-state index in [9.17, 15) is 9.59 Å². The van der Waals surface area contributed by atoms with Crippen LogP contribution in [0.1, 0.15) is 60.8 Å². The fourth-order valence-corrected chi connectivity index (χ4v) is 3.56. The third-order valence-corrected chi connectivity index (χ3v) is 5.61. The van der Waals surface area contributed by atoms with E-state index in [2.05, 4.69) is 40.5 Å². The van der Waals surface area contributed by atoms with Crippen molar-refractivity contribution in [1.29, 1.82) is 5.26 Å². The standard InChI is InChI=1S/C24H31N7O2/c1-24(2)9-7-16(8-10-24)21-19(30-23(33)22-27-15-18(14-25)29-22)6-5-17(28-21)13-20(32)26-11-12-31(3)4/h5-7,15H,8-13H2,1-4H3,(H,26,32)(H,27,29)(H,30,33). The van der Waals surface area contributed by atoms with Crippen molar-refractivity contribution >= 4 is 23.1 Å². The van der Waals surface area contributed by atoms with Gasteiger partial charge in [-0.2, -0.15) is 5.26 Å². The summed E-state index contributed by atoms with van der Waals surface area (Å²) in [5.74, 6) is -0.489. The number of pyridine rings is 1. The molecular formula is C24H31N7O2. The summed E-state index contributed by atoms with van der Waals surface area (Å²) in [7, 11) is 3.91. The Balaban J connectivity index is 1.82. The molecule has 0 saturated heterocycles. The summed E-state index contributed by atoms with van der Waals surface area (Å²) in [6.45, 7) is 5.79. The van der Waals surface area contributed by atoms with Gasteiger partial charge in [0.1, 0.15) is 11.8 Å². The van der Waals surface area contributed by atoms with Gasteiger partial charge in [-0.15, -0.1) is 0 Å². The van der Waals surface area contributed by atoms with Gasteiger partial charge in [0.05, 0.1) is 29.7 Å². The molecule has 1 aliphatic carbocycles. The first-order chi connectivity index (χ1) is 15.7. The molecule has 3 rings (SSSR count). The molecule has 3 N–H and O–H groups in total. The highest BCUT2D eigenvalue weighted by atomic mass is 16.2. The minimum atomic E-state index is -0.453. The zero-order chi connectivity index (χ0) is 24.0. The quantitative estimate of drug-likeness (QED) is 0.569. The number of nitrogens with zero attached hydrogens (tertiary/aromatic N) is 4. The van der Waals surface area contributed by atoms with Crippen molar-refractivity contribution in [1.82, 2.24) is 25.2 Å². The Bertz CT molecular complexity index is 1090. The average Bonchev–Trinajstić information content (AvgIpc) is 3.24. The molecule has 0 aromatic carbocycles. The maximum Gasteiger partial charge on any atom is 0.291 e. The van der Waals surface area contributed by atoms with E-state index in [-0.39, 0.29) is 29.3 Å². The van der Waals surface area contributed by atoms with Crippen molar-refractivity contribution in [3.8, 4) is 6.07 Å². The fourth-order valence-electron chi connectivity index (χ4n) is 3.56. The second-order valence-electron chi connectivity index (χ2n) is 9.34. The lowest BCUT2D eigenvalue weighted by Gasteiger charge is -2.29. The number of nitrogens with one attached hydrogen (secondary N) is 3. The minimum absolute atomic E-state index is 0.0561. The van der Waals surface area contributed by atoms with Crippen molar-refractivity contribution < 1.29 is 9.59 Å². The van der Waals surface area contributed by atoms with Crippen molar-refractivity contribution in [2.75, 3.05) is 32.5 Å². The zero-order valence-corrected chi connectivity index (χ0v) is 19.7. The Morgan fingerprint density at radius 2 is 2.09 bits per heavy atom. The molecule has 0 radical (unpaired) electrons. The number of amides is 2. The average molecular weight is 450 g/mol. The lowest BCUT2D eigenvalue weighted by molar-refractivity contribution is -0.120. The van der Waals surface area contributed by atoms with Gasteiger partial charge in [-0.25, -0.2) is 4.98 Å². The largest absolute Gasteiger partial charge is 0.354 e. The maximum absolute atomic E-state index is 12.7. The monoisotopic (exact) mass is 449 g/mol. The van der Waals surface area contributed by atoms with Crippen LogP contribution >= 0.6 is 0 Å². The number of aromatic nitrogens is 3. The van der Waals surface area contributed by atoms with Crippen molar-refractivity contribution in [3.05, 3.63) is 47.3 Å². The molecule has 0 fully saturated rings. The lowest BCUT2D eigenvalue weighted by atomic mass is 9.77. The van der Waals surface area contributed by atoms with Crippen LogP contribution in [0.15, 0.2) is 24.4 Å². The normalized spacial score (nSPS) is 15.0. The smallest absolute Gasteiger partial charge is 0.291 e. The van der Waals surface area contributed by atoms with Gasteiger partial charge in [0.2, 0.25) is 5.91 Å². The van der Waals surface area contributed by atoms with Crippen LogP contribution in [-0.4, -0.2) is 58.9 Å². The highest BCUT2D eigenvalue weighted by Crippen LogP contribution is 2.39. The maximum atomic E-state index is 12.7. The summed E-state index contributed by atoms with van der Waals surface area (Å²) in [6, 6.07) is 5.45. The van der Waals surface area contributed by atoms with E-state index in [0.717, 1.165) is 31.4 Å². The molecule has 0 unspecified atom stereocenters. The number of carbonyl (C=O) groups is 2. The van der Waals surface area contributed by atoms with Gasteiger partial charge in [-0.1, -0.05) is 19.9 Å². The van der Waals surface area contributed by atoms with Crippen LogP contribution in [0.2, 0.25) is 0 Å². The third-order valence-electron chi connectivity index (χ3n) is 5.61. The van der Waals surface area contributed by atoms with Crippen LogP contribution in [0.5, 0.6) is 0 Å². The highest BCUT2D eigenvalue weighted by molar-refractivity contribution is 6.03. The number of allylic oxidation sites excluding steroid dienone is 2. The first kappa shape index (κ1) is 24.1. The first-order valence-electron chi connectivity index (χ1n) is 11.0. The number of anilines is 1. The van der Waals surface area contributed by atoms with E-state index in [1.165, 1.54) is 6.20 Å². The van der Waals surface area contributed by atoms with Crippen molar-refractivity contribution in [2.45, 2.75) is 39.5 Å². The summed E-state index contributed by atoms with van der Waals surface area (Å²) < 4.78 is 0. The van der Waals surface area contributed by atoms with Gasteiger partial charge in [0.25, 0.3) is 5.91 Å². The molecule has 0 saturated carbocycles.